The fourth-order valence-electron chi connectivity index (χ4n) is 2.11. The van der Waals surface area contributed by atoms with E-state index in [-0.39, 0.29) is 22.8 Å². The number of aliphatic carboxylic acids is 1. The van der Waals surface area contributed by atoms with E-state index in [1.54, 1.807) is 14.1 Å². The van der Waals surface area contributed by atoms with E-state index in [9.17, 15) is 18.0 Å². The third-order valence-corrected chi connectivity index (χ3v) is 3.86. The maximum atomic E-state index is 13.3. The maximum Gasteiger partial charge on any atom is 0.418 e. The first-order chi connectivity index (χ1) is 12.0. The third-order valence-electron chi connectivity index (χ3n) is 3.48. The standard InChI is InChI=1S/C17H16ClF3N2O3/c1-9(16(24)25)26-11-6-4-5-10(7-11)15-14(18)12(17(19,20)21)8-13(22-15)23(2)3/h4-9H,1-3H3,(H,24,25)/t9-/m1/s1. The lowest BCUT2D eigenvalue weighted by Crippen LogP contribution is -2.22. The number of pyridine rings is 1. The molecule has 1 atom stereocenters. The highest BCUT2D eigenvalue weighted by molar-refractivity contribution is 6.34. The van der Waals surface area contributed by atoms with E-state index in [0.29, 0.717) is 0 Å². The molecule has 2 rings (SSSR count). The summed E-state index contributed by atoms with van der Waals surface area (Å²) in [5.74, 6) is -0.901. The summed E-state index contributed by atoms with van der Waals surface area (Å²) in [6.45, 7) is 1.34. The largest absolute Gasteiger partial charge is 0.479 e. The molecule has 0 bridgehead atoms. The van der Waals surface area contributed by atoms with Crippen molar-refractivity contribution in [2.24, 2.45) is 0 Å². The van der Waals surface area contributed by atoms with Crippen LogP contribution in [-0.2, 0) is 11.0 Å². The number of hydrogen-bond acceptors (Lipinski definition) is 4. The van der Waals surface area contributed by atoms with E-state index in [4.69, 9.17) is 21.4 Å². The number of carbonyl (C=O) groups is 1. The minimum absolute atomic E-state index is 0.0707. The normalized spacial score (nSPS) is 12.6. The predicted octanol–water partition coefficient (Wildman–Crippen LogP) is 4.34. The fourth-order valence-corrected chi connectivity index (χ4v) is 2.43. The molecule has 0 aliphatic heterocycles. The molecule has 0 saturated carbocycles. The maximum absolute atomic E-state index is 13.3. The zero-order valence-electron chi connectivity index (χ0n) is 14.1. The molecule has 0 saturated heterocycles. The van der Waals surface area contributed by atoms with Crippen LogP contribution in [0.4, 0.5) is 19.0 Å². The van der Waals surface area contributed by atoms with Crippen LogP contribution in [0.15, 0.2) is 30.3 Å². The fraction of sp³-hybridized carbons (Fsp3) is 0.294. The van der Waals surface area contributed by atoms with Crippen LogP contribution < -0.4 is 9.64 Å². The molecule has 1 aromatic heterocycles. The van der Waals surface area contributed by atoms with Crippen LogP contribution in [0, 0.1) is 0 Å². The molecular formula is C17H16ClF3N2O3. The van der Waals surface area contributed by atoms with Crippen LogP contribution in [0.1, 0.15) is 12.5 Å². The summed E-state index contributed by atoms with van der Waals surface area (Å²) in [5, 5.41) is 8.37. The van der Waals surface area contributed by atoms with Crippen molar-refractivity contribution in [2.45, 2.75) is 19.2 Å². The number of halogens is 4. The van der Waals surface area contributed by atoms with Crippen molar-refractivity contribution in [3.8, 4) is 17.0 Å². The minimum atomic E-state index is -4.65. The van der Waals surface area contributed by atoms with Crippen LogP contribution >= 0.6 is 11.6 Å². The monoisotopic (exact) mass is 388 g/mol. The molecule has 9 heteroatoms. The molecule has 0 fully saturated rings. The quantitative estimate of drug-likeness (QED) is 0.825. The predicted molar refractivity (Wildman–Crippen MR) is 91.7 cm³/mol. The first kappa shape index (κ1) is 19.8. The summed E-state index contributed by atoms with van der Waals surface area (Å²) in [5.41, 5.74) is -0.795. The van der Waals surface area contributed by atoms with Gasteiger partial charge in [-0.05, 0) is 25.1 Å². The Morgan fingerprint density at radius 3 is 2.50 bits per heavy atom. The molecule has 0 spiro atoms. The summed E-state index contributed by atoms with van der Waals surface area (Å²) >= 11 is 5.98. The first-order valence-electron chi connectivity index (χ1n) is 7.45. The molecule has 5 nitrogen and oxygen atoms in total. The number of aromatic nitrogens is 1. The van der Waals surface area contributed by atoms with Crippen molar-refractivity contribution >= 4 is 23.4 Å². The van der Waals surface area contributed by atoms with Gasteiger partial charge in [0.15, 0.2) is 6.10 Å². The molecule has 0 aliphatic carbocycles. The SMILES string of the molecule is C[C@@H](Oc1cccc(-c2nc(N(C)C)cc(C(F)(F)F)c2Cl)c1)C(=O)O. The Labute approximate surface area is 153 Å². The average Bonchev–Trinajstić information content (AvgIpc) is 2.53. The van der Waals surface area contributed by atoms with Gasteiger partial charge in [-0.1, -0.05) is 23.7 Å². The number of benzene rings is 1. The Morgan fingerprint density at radius 2 is 1.96 bits per heavy atom. The number of carboxylic acid groups (broad SMARTS) is 1. The molecule has 0 aliphatic rings. The Kier molecular flexibility index (Phi) is 5.65. The van der Waals surface area contributed by atoms with Gasteiger partial charge in [0.1, 0.15) is 11.6 Å². The number of anilines is 1. The number of nitrogens with zero attached hydrogens (tertiary/aromatic N) is 2. The molecule has 1 heterocycles. The van der Waals surface area contributed by atoms with Gasteiger partial charge in [0, 0.05) is 19.7 Å². The Morgan fingerprint density at radius 1 is 1.31 bits per heavy atom. The second-order valence-electron chi connectivity index (χ2n) is 5.71. The smallest absolute Gasteiger partial charge is 0.418 e. The van der Waals surface area contributed by atoms with Gasteiger partial charge >= 0.3 is 12.1 Å². The number of alkyl halides is 3. The van der Waals surface area contributed by atoms with Gasteiger partial charge < -0.3 is 14.7 Å². The molecule has 26 heavy (non-hydrogen) atoms. The first-order valence-corrected chi connectivity index (χ1v) is 7.83. The zero-order chi connectivity index (χ0) is 19.6. The van der Waals surface area contributed by atoms with E-state index in [1.165, 1.54) is 36.1 Å². The van der Waals surface area contributed by atoms with E-state index in [1.807, 2.05) is 0 Å². The minimum Gasteiger partial charge on any atom is -0.479 e. The van der Waals surface area contributed by atoms with Crippen LogP contribution in [-0.4, -0.2) is 36.3 Å². The van der Waals surface area contributed by atoms with Crippen LogP contribution in [0.2, 0.25) is 5.02 Å². The number of hydrogen-bond donors (Lipinski definition) is 1. The Bertz CT molecular complexity index is 825. The number of ether oxygens (including phenoxy) is 1. The van der Waals surface area contributed by atoms with Crippen molar-refractivity contribution in [2.75, 3.05) is 19.0 Å². The van der Waals surface area contributed by atoms with Crippen molar-refractivity contribution in [3.63, 3.8) is 0 Å². The van der Waals surface area contributed by atoms with E-state index in [0.717, 1.165) is 6.07 Å². The van der Waals surface area contributed by atoms with Crippen LogP contribution in [0.3, 0.4) is 0 Å². The van der Waals surface area contributed by atoms with E-state index < -0.39 is 28.8 Å². The highest BCUT2D eigenvalue weighted by atomic mass is 35.5. The van der Waals surface area contributed by atoms with Gasteiger partial charge in [-0.15, -0.1) is 0 Å². The molecule has 2 aromatic rings. The molecule has 0 radical (unpaired) electrons. The molecule has 140 valence electrons. The van der Waals surface area contributed by atoms with Gasteiger partial charge in [-0.2, -0.15) is 13.2 Å². The van der Waals surface area contributed by atoms with Crippen molar-refractivity contribution < 1.29 is 27.8 Å². The number of rotatable bonds is 5. The van der Waals surface area contributed by atoms with E-state index in [2.05, 4.69) is 4.98 Å². The summed E-state index contributed by atoms with van der Waals surface area (Å²) < 4.78 is 45.2. The second-order valence-corrected chi connectivity index (χ2v) is 6.09. The van der Waals surface area contributed by atoms with Crippen molar-refractivity contribution in [1.82, 2.24) is 4.98 Å². The Balaban J connectivity index is 2.57. The number of carboxylic acids is 1. The van der Waals surface area contributed by atoms with Crippen molar-refractivity contribution in [3.05, 3.63) is 40.9 Å². The van der Waals surface area contributed by atoms with Gasteiger partial charge in [0.25, 0.3) is 0 Å². The van der Waals surface area contributed by atoms with Crippen LogP contribution in [0.5, 0.6) is 5.75 Å². The van der Waals surface area contributed by atoms with Gasteiger partial charge in [0.05, 0.1) is 16.3 Å². The lowest BCUT2D eigenvalue weighted by Gasteiger charge is -2.18. The van der Waals surface area contributed by atoms with Crippen molar-refractivity contribution in [1.29, 1.82) is 0 Å². The van der Waals surface area contributed by atoms with E-state index >= 15 is 0 Å². The van der Waals surface area contributed by atoms with Crippen LogP contribution in [0.25, 0.3) is 11.3 Å². The molecule has 1 aromatic carbocycles. The van der Waals surface area contributed by atoms with Gasteiger partial charge in [-0.3, -0.25) is 0 Å². The average molecular weight is 389 g/mol. The second kappa shape index (κ2) is 7.41. The Hall–Kier alpha value is -2.48. The topological polar surface area (TPSA) is 62.7 Å². The lowest BCUT2D eigenvalue weighted by molar-refractivity contribution is -0.144. The highest BCUT2D eigenvalue weighted by Gasteiger charge is 2.35. The molecule has 1 N–H and O–H groups in total. The van der Waals surface area contributed by atoms with Gasteiger partial charge in [-0.25, -0.2) is 9.78 Å². The molecular weight excluding hydrogens is 373 g/mol. The summed E-state index contributed by atoms with van der Waals surface area (Å²) in [6.07, 6.45) is -5.77. The molecule has 0 unspecified atom stereocenters. The third kappa shape index (κ3) is 4.37. The highest BCUT2D eigenvalue weighted by Crippen LogP contribution is 2.41. The lowest BCUT2D eigenvalue weighted by atomic mass is 10.1. The summed E-state index contributed by atoms with van der Waals surface area (Å²) in [7, 11) is 3.13. The van der Waals surface area contributed by atoms with Gasteiger partial charge in [0.2, 0.25) is 0 Å². The summed E-state index contributed by atoms with van der Waals surface area (Å²) in [6, 6.07) is 6.81. The zero-order valence-corrected chi connectivity index (χ0v) is 14.9. The summed E-state index contributed by atoms with van der Waals surface area (Å²) in [4.78, 5) is 16.5. The molecule has 0 amide bonds.